The van der Waals surface area contributed by atoms with E-state index < -0.39 is 37.3 Å². The topological polar surface area (TPSA) is 78.7 Å². The van der Waals surface area contributed by atoms with Gasteiger partial charge < -0.3 is 9.16 Å². The molecule has 1 rings (SSSR count). The van der Waals surface area contributed by atoms with E-state index in [-0.39, 0.29) is 0 Å². The van der Waals surface area contributed by atoms with Gasteiger partial charge in [-0.3, -0.25) is 14.9 Å². The third-order valence-electron chi connectivity index (χ3n) is 2.70. The molecule has 0 aromatic heterocycles. The van der Waals surface area contributed by atoms with E-state index in [0.717, 1.165) is 0 Å². The Balaban J connectivity index is 2.96. The quantitative estimate of drug-likeness (QED) is 0.255. The molecule has 0 saturated heterocycles. The van der Waals surface area contributed by atoms with E-state index >= 15 is 0 Å². The fourth-order valence-corrected chi connectivity index (χ4v) is 3.05. The molecule has 0 aromatic rings. The lowest BCUT2D eigenvalue weighted by Gasteiger charge is -2.31. The summed E-state index contributed by atoms with van der Waals surface area (Å²) < 4.78 is 10.4. The summed E-state index contributed by atoms with van der Waals surface area (Å²) >= 11 is 0. The molecule has 0 radical (unpaired) electrons. The van der Waals surface area contributed by atoms with Crippen molar-refractivity contribution in [2.75, 3.05) is 7.11 Å². The van der Waals surface area contributed by atoms with E-state index in [1.807, 2.05) is 19.6 Å². The highest BCUT2D eigenvalue weighted by molar-refractivity contribution is 6.69. The van der Waals surface area contributed by atoms with Crippen LogP contribution < -0.4 is 0 Å². The second-order valence-corrected chi connectivity index (χ2v) is 9.72. The zero-order chi connectivity index (χ0) is 13.9. The normalized spacial score (nSPS) is 27.9. The van der Waals surface area contributed by atoms with Crippen LogP contribution in [-0.2, 0) is 14.0 Å². The molecule has 1 aliphatic carbocycles. The third-order valence-corrected chi connectivity index (χ3v) is 3.68. The van der Waals surface area contributed by atoms with Crippen LogP contribution in [0.1, 0.15) is 6.42 Å². The molecule has 0 amide bonds. The highest BCUT2D eigenvalue weighted by atomic mass is 28.4. The molecule has 0 fully saturated rings. The largest absolute Gasteiger partial charge is 0.469 e. The maximum Gasteiger partial charge on any atom is 0.316 e. The van der Waals surface area contributed by atoms with Crippen molar-refractivity contribution >= 4 is 14.3 Å². The Hall–Kier alpha value is -1.21. The summed E-state index contributed by atoms with van der Waals surface area (Å²) in [6, 6.07) is -1.06. The van der Waals surface area contributed by atoms with Crippen molar-refractivity contribution in [3.63, 3.8) is 0 Å². The first-order valence-corrected chi connectivity index (χ1v) is 9.23. The molecule has 0 bridgehead atoms. The summed E-state index contributed by atoms with van der Waals surface area (Å²) in [5.41, 5.74) is 0. The van der Waals surface area contributed by atoms with Crippen molar-refractivity contribution in [1.29, 1.82) is 0 Å². The van der Waals surface area contributed by atoms with Crippen LogP contribution in [-0.4, -0.2) is 38.5 Å². The standard InChI is InChI=1S/C11H19NO5Si/c1-16-11(13)8-6-5-7-9(10(8)12(14)15)17-18(2,3)4/h5,7-10H,6H2,1-4H3/t8-,9-,10+/m0/s1. The zero-order valence-electron chi connectivity index (χ0n) is 11.1. The molecule has 102 valence electrons. The number of hydrogen-bond donors (Lipinski definition) is 0. The van der Waals surface area contributed by atoms with Crippen molar-refractivity contribution in [3.05, 3.63) is 22.3 Å². The van der Waals surface area contributed by atoms with E-state index in [4.69, 9.17) is 4.43 Å². The molecule has 0 heterocycles. The van der Waals surface area contributed by atoms with E-state index in [9.17, 15) is 14.9 Å². The number of methoxy groups -OCH3 is 1. The van der Waals surface area contributed by atoms with Gasteiger partial charge in [-0.05, 0) is 26.1 Å². The van der Waals surface area contributed by atoms with Gasteiger partial charge in [0.2, 0.25) is 0 Å². The molecule has 0 N–H and O–H groups in total. The van der Waals surface area contributed by atoms with Crippen molar-refractivity contribution in [2.45, 2.75) is 38.2 Å². The third kappa shape index (κ3) is 3.64. The van der Waals surface area contributed by atoms with Crippen LogP contribution in [0.25, 0.3) is 0 Å². The van der Waals surface area contributed by atoms with Crippen molar-refractivity contribution in [2.24, 2.45) is 5.92 Å². The van der Waals surface area contributed by atoms with E-state index in [2.05, 4.69) is 4.74 Å². The first kappa shape index (κ1) is 14.8. The fraction of sp³-hybridized carbons (Fsp3) is 0.727. The average molecular weight is 273 g/mol. The number of esters is 1. The smallest absolute Gasteiger partial charge is 0.316 e. The Kier molecular flexibility index (Phi) is 4.63. The molecule has 3 atom stereocenters. The average Bonchev–Trinajstić information content (AvgIpc) is 2.25. The van der Waals surface area contributed by atoms with Gasteiger partial charge in [0, 0.05) is 4.92 Å². The molecule has 6 nitrogen and oxygen atoms in total. The Labute approximate surface area is 107 Å². The van der Waals surface area contributed by atoms with Crippen LogP contribution in [0.4, 0.5) is 0 Å². The Morgan fingerprint density at radius 2 is 2.06 bits per heavy atom. The van der Waals surface area contributed by atoms with Gasteiger partial charge in [-0.2, -0.15) is 0 Å². The second kappa shape index (κ2) is 5.62. The monoisotopic (exact) mass is 273 g/mol. The van der Waals surface area contributed by atoms with Crippen molar-refractivity contribution in [1.82, 2.24) is 0 Å². The molecule has 18 heavy (non-hydrogen) atoms. The molecular formula is C11H19NO5Si. The minimum atomic E-state index is -1.91. The van der Waals surface area contributed by atoms with Crippen LogP contribution >= 0.6 is 0 Å². The van der Waals surface area contributed by atoms with Gasteiger partial charge in [0.25, 0.3) is 6.04 Å². The van der Waals surface area contributed by atoms with Crippen LogP contribution in [0, 0.1) is 16.0 Å². The molecule has 0 unspecified atom stereocenters. The maximum atomic E-state index is 11.6. The SMILES string of the molecule is COC(=O)[C@H]1CC=C[C@H](O[Si](C)(C)C)[C@@H]1[N+](=O)[O-]. The van der Waals surface area contributed by atoms with Crippen molar-refractivity contribution < 1.29 is 18.9 Å². The van der Waals surface area contributed by atoms with Crippen LogP contribution in [0.5, 0.6) is 0 Å². The van der Waals surface area contributed by atoms with Crippen LogP contribution in [0.2, 0.25) is 19.6 Å². The van der Waals surface area contributed by atoms with Gasteiger partial charge in [0.05, 0.1) is 7.11 Å². The summed E-state index contributed by atoms with van der Waals surface area (Å²) in [6.45, 7) is 5.87. The number of ether oxygens (including phenoxy) is 1. The Morgan fingerprint density at radius 3 is 2.50 bits per heavy atom. The summed E-state index contributed by atoms with van der Waals surface area (Å²) in [6.07, 6.45) is 3.12. The molecule has 7 heteroatoms. The van der Waals surface area contributed by atoms with Gasteiger partial charge in [0.1, 0.15) is 12.0 Å². The molecule has 1 aliphatic rings. The number of rotatable bonds is 4. The van der Waals surface area contributed by atoms with Crippen molar-refractivity contribution in [3.8, 4) is 0 Å². The van der Waals surface area contributed by atoms with E-state index in [0.29, 0.717) is 6.42 Å². The number of allylic oxidation sites excluding steroid dienone is 1. The van der Waals surface area contributed by atoms with E-state index in [1.54, 1.807) is 12.2 Å². The van der Waals surface area contributed by atoms with Gasteiger partial charge in [0.15, 0.2) is 8.32 Å². The number of carbonyl (C=O) groups excluding carboxylic acids is 1. The molecule has 0 aromatic carbocycles. The minimum Gasteiger partial charge on any atom is -0.469 e. The van der Waals surface area contributed by atoms with Crippen LogP contribution in [0.15, 0.2) is 12.2 Å². The summed E-state index contributed by atoms with van der Waals surface area (Å²) in [4.78, 5) is 22.3. The van der Waals surface area contributed by atoms with Crippen LogP contribution in [0.3, 0.4) is 0 Å². The highest BCUT2D eigenvalue weighted by Crippen LogP contribution is 2.27. The fourth-order valence-electron chi connectivity index (χ4n) is 2.01. The first-order chi connectivity index (χ1) is 8.26. The van der Waals surface area contributed by atoms with Gasteiger partial charge in [-0.15, -0.1) is 0 Å². The first-order valence-electron chi connectivity index (χ1n) is 5.82. The minimum absolute atomic E-state index is 0.323. The predicted molar refractivity (Wildman–Crippen MR) is 68.3 cm³/mol. The molecule has 0 saturated carbocycles. The zero-order valence-corrected chi connectivity index (χ0v) is 12.1. The summed E-state index contributed by atoms with van der Waals surface area (Å²) in [7, 11) is -0.673. The molecular weight excluding hydrogens is 254 g/mol. The number of nitrogens with zero attached hydrogens (tertiary/aromatic N) is 1. The predicted octanol–water partition coefficient (Wildman–Crippen LogP) is 1.60. The summed E-state index contributed by atoms with van der Waals surface area (Å²) in [5, 5.41) is 11.2. The summed E-state index contributed by atoms with van der Waals surface area (Å²) in [5.74, 6) is -1.32. The Morgan fingerprint density at radius 1 is 1.44 bits per heavy atom. The highest BCUT2D eigenvalue weighted by Gasteiger charge is 2.46. The number of nitro groups is 1. The number of carbonyl (C=O) groups is 1. The lowest BCUT2D eigenvalue weighted by Crippen LogP contribution is -2.49. The van der Waals surface area contributed by atoms with Gasteiger partial charge in [-0.1, -0.05) is 12.2 Å². The molecule has 0 aliphatic heterocycles. The second-order valence-electron chi connectivity index (χ2n) is 5.26. The molecule has 0 spiro atoms. The Bertz CT molecular complexity index is 363. The van der Waals surface area contributed by atoms with E-state index in [1.165, 1.54) is 7.11 Å². The maximum absolute atomic E-state index is 11.6. The lowest BCUT2D eigenvalue weighted by molar-refractivity contribution is -0.538. The lowest BCUT2D eigenvalue weighted by atomic mass is 9.87. The van der Waals surface area contributed by atoms with Gasteiger partial charge in [-0.25, -0.2) is 0 Å². The van der Waals surface area contributed by atoms with Gasteiger partial charge >= 0.3 is 5.97 Å². The number of hydrogen-bond acceptors (Lipinski definition) is 5.